The zero-order chi connectivity index (χ0) is 32.7. The third-order valence-electron chi connectivity index (χ3n) is 7.30. The summed E-state index contributed by atoms with van der Waals surface area (Å²) in [7, 11) is 0. The smallest absolute Gasteiger partial charge is 0.437 e. The van der Waals surface area contributed by atoms with Crippen molar-refractivity contribution in [2.24, 2.45) is 0 Å². The summed E-state index contributed by atoms with van der Waals surface area (Å²) in [6.07, 6.45) is 6.84. The molecule has 2 saturated carbocycles. The molecule has 2 aliphatic carbocycles. The van der Waals surface area contributed by atoms with E-state index in [1.165, 1.54) is 18.2 Å². The van der Waals surface area contributed by atoms with Crippen LogP contribution in [0, 0.1) is 22.7 Å². The Hall–Kier alpha value is -5.60. The molecule has 0 spiro atoms. The summed E-state index contributed by atoms with van der Waals surface area (Å²) in [5.74, 6) is 0.442. The molecule has 232 valence electrons. The van der Waals surface area contributed by atoms with Crippen LogP contribution in [0.1, 0.15) is 91.2 Å². The van der Waals surface area contributed by atoms with Crippen LogP contribution in [0.2, 0.25) is 5.15 Å². The fourth-order valence-electron chi connectivity index (χ4n) is 4.83. The standard InChI is InChI=1S/C18H18ClN5O3.C13H9N5O/c1-18(2,3)27-17(26)24-15(13(9-21-24)10-4-5-10)23-16(25)12-7-6-11(8-20)22-14(12)19;14-5-8-3-4-9-11(16-8)18-12(17-13(9)19)10(6-15-18)7-1-2-7/h6-7,9-10H,4-5H2,1-3H3,(H,23,25);3-4,6-7H,1-2H2,(H,17,19). The number of rotatable bonds is 4. The van der Waals surface area contributed by atoms with Gasteiger partial charge in [-0.25, -0.2) is 14.8 Å². The topological polar surface area (TPSA) is 197 Å². The van der Waals surface area contributed by atoms with Gasteiger partial charge in [0, 0.05) is 11.1 Å². The summed E-state index contributed by atoms with van der Waals surface area (Å²) in [6.45, 7) is 5.24. The van der Waals surface area contributed by atoms with Crippen molar-refractivity contribution in [3.8, 4) is 12.1 Å². The number of hydrogen-bond acceptors (Lipinski definition) is 10. The number of aromatic nitrogens is 7. The van der Waals surface area contributed by atoms with Crippen LogP contribution in [0.3, 0.4) is 0 Å². The Labute approximate surface area is 266 Å². The van der Waals surface area contributed by atoms with Gasteiger partial charge in [-0.15, -0.1) is 4.68 Å². The third-order valence-corrected chi connectivity index (χ3v) is 7.59. The highest BCUT2D eigenvalue weighted by molar-refractivity contribution is 6.33. The molecule has 0 saturated heterocycles. The number of nitrogens with one attached hydrogen (secondary N) is 2. The van der Waals surface area contributed by atoms with Gasteiger partial charge in [0.05, 0.1) is 23.3 Å². The quantitative estimate of drug-likeness (QED) is 0.252. The molecule has 5 aromatic heterocycles. The largest absolute Gasteiger partial charge is 0.442 e. The van der Waals surface area contributed by atoms with Crippen molar-refractivity contribution in [3.05, 3.63) is 80.2 Å². The number of ether oxygens (including phenoxy) is 1. The number of fused-ring (bicyclic) bond motifs is 3. The fraction of sp³-hybridized carbons (Fsp3) is 0.323. The highest BCUT2D eigenvalue weighted by Crippen LogP contribution is 2.44. The minimum atomic E-state index is -0.704. The first kappa shape index (κ1) is 30.4. The lowest BCUT2D eigenvalue weighted by Crippen LogP contribution is -2.29. The Morgan fingerprint density at radius 3 is 2.24 bits per heavy atom. The van der Waals surface area contributed by atoms with Gasteiger partial charge in [0.1, 0.15) is 45.7 Å². The molecule has 1 amide bonds. The molecule has 15 heteroatoms. The molecular formula is C31H27ClN10O4. The Morgan fingerprint density at radius 1 is 0.978 bits per heavy atom. The number of amides is 1. The van der Waals surface area contributed by atoms with Gasteiger partial charge < -0.3 is 15.0 Å². The molecule has 7 rings (SSSR count). The summed E-state index contributed by atoms with van der Waals surface area (Å²) in [4.78, 5) is 48.1. The van der Waals surface area contributed by atoms with Crippen LogP contribution >= 0.6 is 11.6 Å². The van der Waals surface area contributed by atoms with Crippen LogP contribution in [-0.4, -0.2) is 51.9 Å². The maximum Gasteiger partial charge on any atom is 0.437 e. The predicted octanol–water partition coefficient (Wildman–Crippen LogP) is 5.04. The molecule has 2 N–H and O–H groups in total. The summed E-state index contributed by atoms with van der Waals surface area (Å²) in [5.41, 5.74) is 2.54. The monoisotopic (exact) mass is 638 g/mol. The molecule has 0 aromatic carbocycles. The summed E-state index contributed by atoms with van der Waals surface area (Å²) in [5, 5.41) is 29.2. The Balaban J connectivity index is 0.000000171. The van der Waals surface area contributed by atoms with Gasteiger partial charge in [0.2, 0.25) is 0 Å². The van der Waals surface area contributed by atoms with Crippen molar-refractivity contribution in [2.45, 2.75) is 63.9 Å². The van der Waals surface area contributed by atoms with Crippen molar-refractivity contribution >= 4 is 46.1 Å². The number of aromatic amines is 1. The molecule has 0 radical (unpaired) electrons. The van der Waals surface area contributed by atoms with E-state index in [1.54, 1.807) is 43.7 Å². The van der Waals surface area contributed by atoms with Crippen molar-refractivity contribution in [1.82, 2.24) is 34.3 Å². The summed E-state index contributed by atoms with van der Waals surface area (Å²) in [6, 6.07) is 9.79. The molecule has 5 aromatic rings. The van der Waals surface area contributed by atoms with Crippen LogP contribution in [-0.2, 0) is 4.74 Å². The second-order valence-electron chi connectivity index (χ2n) is 12.0. The van der Waals surface area contributed by atoms with E-state index in [-0.39, 0.29) is 39.4 Å². The maximum absolute atomic E-state index is 12.7. The Bertz CT molecular complexity index is 2170. The number of hydrogen-bond donors (Lipinski definition) is 2. The molecule has 5 heterocycles. The second kappa shape index (κ2) is 11.7. The minimum Gasteiger partial charge on any atom is -0.442 e. The van der Waals surface area contributed by atoms with E-state index in [1.807, 2.05) is 12.1 Å². The summed E-state index contributed by atoms with van der Waals surface area (Å²) < 4.78 is 8.01. The second-order valence-corrected chi connectivity index (χ2v) is 12.3. The molecule has 0 aliphatic heterocycles. The predicted molar refractivity (Wildman–Crippen MR) is 166 cm³/mol. The van der Waals surface area contributed by atoms with Crippen LogP contribution in [0.25, 0.3) is 16.7 Å². The number of H-pyrrole nitrogens is 1. The molecule has 2 fully saturated rings. The Morgan fingerprint density at radius 2 is 1.61 bits per heavy atom. The van der Waals surface area contributed by atoms with E-state index in [0.29, 0.717) is 22.6 Å². The van der Waals surface area contributed by atoms with Crippen molar-refractivity contribution in [2.75, 3.05) is 5.32 Å². The lowest BCUT2D eigenvalue weighted by atomic mass is 10.2. The molecule has 14 nitrogen and oxygen atoms in total. The van der Waals surface area contributed by atoms with E-state index >= 15 is 0 Å². The lowest BCUT2D eigenvalue weighted by molar-refractivity contribution is 0.0518. The van der Waals surface area contributed by atoms with Crippen LogP contribution < -0.4 is 10.9 Å². The fourth-order valence-corrected chi connectivity index (χ4v) is 5.07. The van der Waals surface area contributed by atoms with Crippen molar-refractivity contribution in [1.29, 1.82) is 10.5 Å². The minimum absolute atomic E-state index is 0.0920. The first-order chi connectivity index (χ1) is 22.0. The number of nitriles is 2. The van der Waals surface area contributed by atoms with Gasteiger partial charge in [0.15, 0.2) is 5.65 Å². The van der Waals surface area contributed by atoms with Crippen LogP contribution in [0.5, 0.6) is 0 Å². The molecular weight excluding hydrogens is 612 g/mol. The third kappa shape index (κ3) is 6.16. The average molecular weight is 639 g/mol. The number of halogens is 1. The first-order valence-electron chi connectivity index (χ1n) is 14.5. The van der Waals surface area contributed by atoms with E-state index in [4.69, 9.17) is 26.9 Å². The first-order valence-corrected chi connectivity index (χ1v) is 14.8. The SMILES string of the molecule is CC(C)(C)OC(=O)n1ncc(C2CC2)c1NC(=O)c1ccc(C#N)nc1Cl.N#Cc1ccc2c(=O)[nH]c3c(C4CC4)cnn3c2n1. The van der Waals surface area contributed by atoms with E-state index in [0.717, 1.165) is 41.5 Å². The lowest BCUT2D eigenvalue weighted by Gasteiger charge is -2.20. The van der Waals surface area contributed by atoms with Gasteiger partial charge in [-0.2, -0.15) is 25.2 Å². The molecule has 2 aliphatic rings. The molecule has 46 heavy (non-hydrogen) atoms. The van der Waals surface area contributed by atoms with Gasteiger partial charge in [-0.05, 0) is 82.6 Å². The summed E-state index contributed by atoms with van der Waals surface area (Å²) >= 11 is 6.01. The van der Waals surface area contributed by atoms with E-state index in [2.05, 4.69) is 30.5 Å². The molecule has 0 unspecified atom stereocenters. The molecule has 0 atom stereocenters. The van der Waals surface area contributed by atoms with Gasteiger partial charge in [-0.1, -0.05) is 11.6 Å². The average Bonchev–Trinajstić information content (AvgIpc) is 3.96. The van der Waals surface area contributed by atoms with E-state index < -0.39 is 17.6 Å². The highest BCUT2D eigenvalue weighted by Gasteiger charge is 2.33. The van der Waals surface area contributed by atoms with Gasteiger partial charge in [-0.3, -0.25) is 9.59 Å². The van der Waals surface area contributed by atoms with Crippen LogP contribution in [0.4, 0.5) is 10.6 Å². The Kier molecular flexibility index (Phi) is 7.75. The molecule has 0 bridgehead atoms. The number of carbonyl (C=O) groups excluding carboxylic acids is 2. The number of pyridine rings is 2. The number of anilines is 1. The normalized spacial score (nSPS) is 14.2. The van der Waals surface area contributed by atoms with Crippen molar-refractivity contribution in [3.63, 3.8) is 0 Å². The van der Waals surface area contributed by atoms with Gasteiger partial charge >= 0.3 is 6.09 Å². The van der Waals surface area contributed by atoms with E-state index in [9.17, 15) is 14.4 Å². The number of nitrogens with zero attached hydrogens (tertiary/aromatic N) is 8. The van der Waals surface area contributed by atoms with Gasteiger partial charge in [0.25, 0.3) is 11.5 Å². The maximum atomic E-state index is 12.7. The zero-order valence-electron chi connectivity index (χ0n) is 25.0. The van der Waals surface area contributed by atoms with Crippen molar-refractivity contribution < 1.29 is 14.3 Å². The van der Waals surface area contributed by atoms with Crippen LogP contribution in [0.15, 0.2) is 41.5 Å². The highest BCUT2D eigenvalue weighted by atomic mass is 35.5. The zero-order valence-corrected chi connectivity index (χ0v) is 25.8. The number of carbonyl (C=O) groups is 2.